The number of methoxy groups -OCH3 is 1. The van der Waals surface area contributed by atoms with Crippen LogP contribution in [0.3, 0.4) is 0 Å². The lowest BCUT2D eigenvalue weighted by Crippen LogP contribution is -2.48. The number of hydrogen-bond donors (Lipinski definition) is 0. The fourth-order valence-electron chi connectivity index (χ4n) is 4.16. The van der Waals surface area contributed by atoms with Crippen molar-refractivity contribution in [3.8, 4) is 0 Å². The normalized spacial score (nSPS) is 33.2. The molecule has 148 valence electrons. The summed E-state index contributed by atoms with van der Waals surface area (Å²) in [7, 11) is -2.07. The minimum atomic E-state index is -3.79. The van der Waals surface area contributed by atoms with Gasteiger partial charge in [0, 0.05) is 32.8 Å². The molecule has 10 heteroatoms. The number of carbonyl (C=O) groups excluding carboxylic acids is 3. The van der Waals surface area contributed by atoms with Gasteiger partial charge < -0.3 is 9.47 Å². The fraction of sp³-hybridized carbons (Fsp3) is 0.812. The van der Waals surface area contributed by atoms with E-state index in [0.717, 1.165) is 12.7 Å². The zero-order valence-electron chi connectivity index (χ0n) is 15.4. The van der Waals surface area contributed by atoms with E-state index in [9.17, 15) is 22.8 Å². The number of amides is 2. The Morgan fingerprint density at radius 3 is 2.23 bits per heavy atom. The maximum Gasteiger partial charge on any atom is 0.303 e. The highest BCUT2D eigenvalue weighted by molar-refractivity contribution is 7.85. The lowest BCUT2D eigenvalue weighted by atomic mass is 9.83. The number of ether oxygens (including phenoxy) is 2. The van der Waals surface area contributed by atoms with Crippen molar-refractivity contribution in [1.82, 2.24) is 5.06 Å². The zero-order chi connectivity index (χ0) is 19.7. The number of rotatable bonds is 4. The zero-order valence-corrected chi connectivity index (χ0v) is 16.2. The standard InChI is InChI=1S/C11H18O3.C5H7NO5S/c1-7(12)14-11(2)9-5-4-8(6-9)10(11)13-3;1-12(9,10)11-6-4(7)2-3-5(6)8/h8-10H,4-6H2,1-3H3;2-3H2,1H3. The van der Waals surface area contributed by atoms with E-state index in [-0.39, 0.29) is 35.6 Å². The van der Waals surface area contributed by atoms with Crippen LogP contribution in [0.4, 0.5) is 0 Å². The number of fused-ring (bicyclic) bond motifs is 2. The lowest BCUT2D eigenvalue weighted by molar-refractivity contribution is -0.179. The molecule has 2 saturated carbocycles. The third kappa shape index (κ3) is 4.41. The molecule has 3 fully saturated rings. The summed E-state index contributed by atoms with van der Waals surface area (Å²) in [5, 5.41) is 0.287. The van der Waals surface area contributed by atoms with Gasteiger partial charge in [-0.3, -0.25) is 14.4 Å². The quantitative estimate of drug-likeness (QED) is 0.510. The summed E-state index contributed by atoms with van der Waals surface area (Å²) in [6, 6.07) is 0. The van der Waals surface area contributed by atoms with Crippen molar-refractivity contribution in [1.29, 1.82) is 0 Å². The number of esters is 1. The van der Waals surface area contributed by atoms with Crippen molar-refractivity contribution in [2.75, 3.05) is 13.4 Å². The molecule has 3 rings (SSSR count). The number of nitrogens with zero attached hydrogens (tertiary/aromatic N) is 1. The Balaban J connectivity index is 0.000000190. The number of imide groups is 1. The number of hydrogen-bond acceptors (Lipinski definition) is 8. The van der Waals surface area contributed by atoms with Crippen molar-refractivity contribution in [2.24, 2.45) is 11.8 Å². The van der Waals surface area contributed by atoms with E-state index in [1.165, 1.54) is 19.8 Å². The first-order valence-corrected chi connectivity index (χ1v) is 10.3. The predicted octanol–water partition coefficient (Wildman–Crippen LogP) is 0.780. The van der Waals surface area contributed by atoms with Crippen molar-refractivity contribution in [2.45, 2.75) is 57.7 Å². The van der Waals surface area contributed by atoms with Crippen LogP contribution in [0.25, 0.3) is 0 Å². The Labute approximate surface area is 153 Å². The summed E-state index contributed by atoms with van der Waals surface area (Å²) in [5.74, 6) is -0.339. The van der Waals surface area contributed by atoms with Crippen LogP contribution in [0.2, 0.25) is 0 Å². The highest BCUT2D eigenvalue weighted by atomic mass is 32.2. The molecule has 4 atom stereocenters. The first-order chi connectivity index (χ1) is 12.0. The molecule has 9 nitrogen and oxygen atoms in total. The van der Waals surface area contributed by atoms with Gasteiger partial charge in [0.05, 0.1) is 12.4 Å². The van der Waals surface area contributed by atoms with Gasteiger partial charge in [0.1, 0.15) is 5.60 Å². The molecule has 2 aliphatic carbocycles. The largest absolute Gasteiger partial charge is 0.456 e. The maximum atomic E-state index is 11.1. The van der Waals surface area contributed by atoms with E-state index < -0.39 is 21.9 Å². The molecule has 1 heterocycles. The Kier molecular flexibility index (Phi) is 6.09. The Morgan fingerprint density at radius 2 is 1.77 bits per heavy atom. The summed E-state index contributed by atoms with van der Waals surface area (Å²) >= 11 is 0. The molecular formula is C16H25NO8S. The van der Waals surface area contributed by atoms with Gasteiger partial charge >= 0.3 is 5.97 Å². The molecule has 3 aliphatic rings. The van der Waals surface area contributed by atoms with Crippen molar-refractivity contribution in [3.05, 3.63) is 0 Å². The molecule has 0 aromatic heterocycles. The summed E-state index contributed by atoms with van der Waals surface area (Å²) in [6.45, 7) is 3.50. The molecule has 0 spiro atoms. The summed E-state index contributed by atoms with van der Waals surface area (Å²) < 4.78 is 36.1. The van der Waals surface area contributed by atoms with E-state index in [2.05, 4.69) is 4.28 Å². The van der Waals surface area contributed by atoms with Gasteiger partial charge in [-0.05, 0) is 32.1 Å². The Bertz CT molecular complexity index is 674. The first kappa shape index (κ1) is 20.8. The molecule has 26 heavy (non-hydrogen) atoms. The Hall–Kier alpha value is -1.52. The van der Waals surface area contributed by atoms with Crippen LogP contribution < -0.4 is 0 Å². The van der Waals surface area contributed by atoms with Gasteiger partial charge in [-0.1, -0.05) is 0 Å². The van der Waals surface area contributed by atoms with E-state index >= 15 is 0 Å². The van der Waals surface area contributed by atoms with Gasteiger partial charge in [0.15, 0.2) is 0 Å². The fourth-order valence-corrected chi connectivity index (χ4v) is 4.60. The number of hydroxylamine groups is 2. The highest BCUT2D eigenvalue weighted by Crippen LogP contribution is 2.53. The van der Waals surface area contributed by atoms with Crippen molar-refractivity contribution >= 4 is 27.9 Å². The van der Waals surface area contributed by atoms with Crippen LogP contribution in [0, 0.1) is 11.8 Å². The molecule has 0 aromatic carbocycles. The van der Waals surface area contributed by atoms with Crippen LogP contribution in [-0.4, -0.2) is 56.3 Å². The van der Waals surface area contributed by atoms with E-state index in [1.54, 1.807) is 7.11 Å². The molecule has 2 bridgehead atoms. The molecule has 2 amide bonds. The molecule has 4 unspecified atom stereocenters. The first-order valence-electron chi connectivity index (χ1n) is 8.45. The summed E-state index contributed by atoms with van der Waals surface area (Å²) in [4.78, 5) is 32.6. The summed E-state index contributed by atoms with van der Waals surface area (Å²) in [6.07, 6.45) is 4.44. The van der Waals surface area contributed by atoms with Crippen molar-refractivity contribution in [3.63, 3.8) is 0 Å². The van der Waals surface area contributed by atoms with Gasteiger partial charge in [-0.25, -0.2) is 0 Å². The maximum absolute atomic E-state index is 11.1. The van der Waals surface area contributed by atoms with Gasteiger partial charge in [-0.15, -0.1) is 9.35 Å². The summed E-state index contributed by atoms with van der Waals surface area (Å²) in [5.41, 5.74) is -0.372. The van der Waals surface area contributed by atoms with Crippen molar-refractivity contribution < 1.29 is 36.6 Å². The van der Waals surface area contributed by atoms with Crippen LogP contribution in [0.5, 0.6) is 0 Å². The van der Waals surface area contributed by atoms with E-state index in [0.29, 0.717) is 11.8 Å². The number of carbonyl (C=O) groups is 3. The second-order valence-electron chi connectivity index (χ2n) is 7.06. The molecule has 0 radical (unpaired) electrons. The molecule has 1 aliphatic heterocycles. The molecule has 0 N–H and O–H groups in total. The van der Waals surface area contributed by atoms with E-state index in [4.69, 9.17) is 9.47 Å². The molecular weight excluding hydrogens is 366 g/mol. The van der Waals surface area contributed by atoms with Crippen LogP contribution in [0.1, 0.15) is 46.0 Å². The topological polar surface area (TPSA) is 116 Å². The SMILES string of the molecule is COC1C2CCC(C2)C1(C)OC(C)=O.CS(=O)(=O)ON1C(=O)CCC1=O. The monoisotopic (exact) mass is 391 g/mol. The predicted molar refractivity (Wildman–Crippen MR) is 88.8 cm³/mol. The van der Waals surface area contributed by atoms with Crippen LogP contribution >= 0.6 is 0 Å². The third-order valence-electron chi connectivity index (χ3n) is 5.11. The average Bonchev–Trinajstić information content (AvgIpc) is 3.16. The smallest absolute Gasteiger partial charge is 0.303 e. The second-order valence-corrected chi connectivity index (χ2v) is 8.62. The highest BCUT2D eigenvalue weighted by Gasteiger charge is 2.58. The van der Waals surface area contributed by atoms with Gasteiger partial charge in [0.25, 0.3) is 21.9 Å². The Morgan fingerprint density at radius 1 is 1.19 bits per heavy atom. The van der Waals surface area contributed by atoms with Crippen LogP contribution in [-0.2, 0) is 38.3 Å². The van der Waals surface area contributed by atoms with Crippen LogP contribution in [0.15, 0.2) is 0 Å². The minimum Gasteiger partial charge on any atom is -0.456 e. The second kappa shape index (κ2) is 7.61. The minimum absolute atomic E-state index is 0.00829. The van der Waals surface area contributed by atoms with Gasteiger partial charge in [-0.2, -0.15) is 8.42 Å². The molecule has 0 aromatic rings. The molecule has 1 saturated heterocycles. The average molecular weight is 391 g/mol. The van der Waals surface area contributed by atoms with Gasteiger partial charge in [0.2, 0.25) is 0 Å². The third-order valence-corrected chi connectivity index (χ3v) is 5.53. The van der Waals surface area contributed by atoms with E-state index in [1.807, 2.05) is 6.92 Å². The lowest BCUT2D eigenvalue weighted by Gasteiger charge is -2.39.